The molecule has 0 unspecified atom stereocenters. The quantitative estimate of drug-likeness (QED) is 0.767. The lowest BCUT2D eigenvalue weighted by molar-refractivity contribution is 0.101. The minimum atomic E-state index is -0.274. The van der Waals surface area contributed by atoms with E-state index in [0.29, 0.717) is 18.1 Å². The van der Waals surface area contributed by atoms with Gasteiger partial charge in [-0.05, 0) is 34.5 Å². The van der Waals surface area contributed by atoms with Crippen LogP contribution >= 0.6 is 15.9 Å². The van der Waals surface area contributed by atoms with E-state index in [0.717, 1.165) is 15.8 Å². The first-order valence-electron chi connectivity index (χ1n) is 6.02. The molecule has 0 atom stereocenters. The lowest BCUT2D eigenvalue weighted by Gasteiger charge is -2.04. The Labute approximate surface area is 122 Å². The van der Waals surface area contributed by atoms with Crippen molar-refractivity contribution in [2.24, 2.45) is 0 Å². The number of aryl methyl sites for hydroxylation is 1. The number of pyridine rings is 1. The second kappa shape index (κ2) is 5.04. The fourth-order valence-corrected chi connectivity index (χ4v) is 2.32. The summed E-state index contributed by atoms with van der Waals surface area (Å²) in [6, 6.07) is 3.74. The van der Waals surface area contributed by atoms with Gasteiger partial charge in [0, 0.05) is 10.7 Å². The van der Waals surface area contributed by atoms with Crippen molar-refractivity contribution in [3.8, 4) is 0 Å². The van der Waals surface area contributed by atoms with Crippen molar-refractivity contribution in [1.82, 2.24) is 24.6 Å². The van der Waals surface area contributed by atoms with Crippen LogP contribution in [0, 0.1) is 0 Å². The predicted molar refractivity (Wildman–Crippen MR) is 76.6 cm³/mol. The number of aromatic amines is 1. The molecule has 3 aromatic rings. The summed E-state index contributed by atoms with van der Waals surface area (Å²) >= 11 is 3.40. The minimum absolute atomic E-state index is 0.274. The Hall–Kier alpha value is -2.22. The molecule has 0 saturated carbocycles. The molecule has 0 aliphatic carbocycles. The molecule has 2 N–H and O–H groups in total. The maximum atomic E-state index is 12.4. The molecule has 0 fully saturated rings. The van der Waals surface area contributed by atoms with Gasteiger partial charge in [0.15, 0.2) is 0 Å². The zero-order chi connectivity index (χ0) is 14.1. The SMILES string of the molecule is CCc1nc2ccc(Br)cn2c1C(=O)Nc1ncn[nH]1. The molecule has 102 valence electrons. The van der Waals surface area contributed by atoms with Gasteiger partial charge in [0.25, 0.3) is 5.91 Å². The third kappa shape index (κ3) is 2.18. The number of aromatic nitrogens is 5. The lowest BCUT2D eigenvalue weighted by atomic mass is 10.2. The van der Waals surface area contributed by atoms with Gasteiger partial charge in [-0.3, -0.25) is 14.5 Å². The van der Waals surface area contributed by atoms with E-state index < -0.39 is 0 Å². The number of imidazole rings is 1. The standard InChI is InChI=1S/C12H11BrN6O/c1-2-8-10(11(20)17-12-14-6-15-18-12)19-5-7(13)3-4-9(19)16-8/h3-6H,2H2,1H3,(H2,14,15,17,18,20). The number of halogens is 1. The summed E-state index contributed by atoms with van der Waals surface area (Å²) in [7, 11) is 0. The summed E-state index contributed by atoms with van der Waals surface area (Å²) in [5.74, 6) is 0.0335. The Bertz CT molecular complexity index is 764. The Morgan fingerprint density at radius 2 is 2.35 bits per heavy atom. The van der Waals surface area contributed by atoms with Crippen LogP contribution in [0.1, 0.15) is 23.1 Å². The first-order chi connectivity index (χ1) is 9.69. The molecular formula is C12H11BrN6O. The molecule has 0 aliphatic heterocycles. The Kier molecular flexibility index (Phi) is 3.23. The molecule has 3 heterocycles. The predicted octanol–water partition coefficient (Wildman–Crippen LogP) is 2.03. The number of anilines is 1. The Balaban J connectivity index is 2.08. The highest BCUT2D eigenvalue weighted by Crippen LogP contribution is 2.18. The monoisotopic (exact) mass is 334 g/mol. The summed E-state index contributed by atoms with van der Waals surface area (Å²) < 4.78 is 2.63. The second-order valence-electron chi connectivity index (χ2n) is 4.12. The van der Waals surface area contributed by atoms with Crippen molar-refractivity contribution < 1.29 is 4.79 Å². The van der Waals surface area contributed by atoms with Crippen LogP contribution in [0.2, 0.25) is 0 Å². The van der Waals surface area contributed by atoms with Crippen LogP contribution in [-0.2, 0) is 6.42 Å². The Morgan fingerprint density at radius 3 is 3.05 bits per heavy atom. The molecule has 0 aromatic carbocycles. The number of carbonyl (C=O) groups excluding carboxylic acids is 1. The van der Waals surface area contributed by atoms with E-state index in [9.17, 15) is 4.79 Å². The zero-order valence-electron chi connectivity index (χ0n) is 10.6. The van der Waals surface area contributed by atoms with Crippen molar-refractivity contribution in [1.29, 1.82) is 0 Å². The molecule has 0 bridgehead atoms. The molecular weight excluding hydrogens is 324 g/mol. The highest BCUT2D eigenvalue weighted by atomic mass is 79.9. The number of amides is 1. The van der Waals surface area contributed by atoms with E-state index in [-0.39, 0.29) is 5.91 Å². The van der Waals surface area contributed by atoms with Crippen molar-refractivity contribution in [2.75, 3.05) is 5.32 Å². The van der Waals surface area contributed by atoms with Crippen LogP contribution in [-0.4, -0.2) is 30.5 Å². The van der Waals surface area contributed by atoms with Crippen LogP contribution in [0.4, 0.5) is 5.95 Å². The fraction of sp³-hybridized carbons (Fsp3) is 0.167. The van der Waals surface area contributed by atoms with E-state index in [1.165, 1.54) is 6.33 Å². The summed E-state index contributed by atoms with van der Waals surface area (Å²) in [6.45, 7) is 1.96. The average molecular weight is 335 g/mol. The molecule has 3 aromatic heterocycles. The zero-order valence-corrected chi connectivity index (χ0v) is 12.2. The lowest BCUT2D eigenvalue weighted by Crippen LogP contribution is -2.17. The summed E-state index contributed by atoms with van der Waals surface area (Å²) in [4.78, 5) is 20.7. The van der Waals surface area contributed by atoms with Gasteiger partial charge in [-0.1, -0.05) is 6.92 Å². The minimum Gasteiger partial charge on any atom is -0.294 e. The number of fused-ring (bicyclic) bond motifs is 1. The number of hydrogen-bond donors (Lipinski definition) is 2. The summed E-state index contributed by atoms with van der Waals surface area (Å²) in [5, 5.41) is 8.96. The third-order valence-corrected chi connectivity index (χ3v) is 3.32. The number of rotatable bonds is 3. The van der Waals surface area contributed by atoms with E-state index in [1.54, 1.807) is 4.40 Å². The summed E-state index contributed by atoms with van der Waals surface area (Å²) in [5.41, 5.74) is 1.97. The second-order valence-corrected chi connectivity index (χ2v) is 5.04. The van der Waals surface area contributed by atoms with Crippen molar-refractivity contribution in [3.63, 3.8) is 0 Å². The number of carbonyl (C=O) groups is 1. The highest BCUT2D eigenvalue weighted by molar-refractivity contribution is 9.10. The van der Waals surface area contributed by atoms with Crippen molar-refractivity contribution in [2.45, 2.75) is 13.3 Å². The molecule has 8 heteroatoms. The van der Waals surface area contributed by atoms with Crippen molar-refractivity contribution >= 4 is 33.4 Å². The topological polar surface area (TPSA) is 88.0 Å². The highest BCUT2D eigenvalue weighted by Gasteiger charge is 2.19. The van der Waals surface area contributed by atoms with Crippen LogP contribution in [0.3, 0.4) is 0 Å². The molecule has 7 nitrogen and oxygen atoms in total. The number of nitrogens with one attached hydrogen (secondary N) is 2. The smallest absolute Gasteiger partial charge is 0.276 e. The summed E-state index contributed by atoms with van der Waals surface area (Å²) in [6.07, 6.45) is 3.82. The Morgan fingerprint density at radius 1 is 1.50 bits per heavy atom. The van der Waals surface area contributed by atoms with E-state index in [1.807, 2.05) is 25.3 Å². The van der Waals surface area contributed by atoms with Gasteiger partial charge in [0.2, 0.25) is 5.95 Å². The van der Waals surface area contributed by atoms with Crippen LogP contribution in [0.15, 0.2) is 29.1 Å². The molecule has 3 rings (SSSR count). The number of hydrogen-bond acceptors (Lipinski definition) is 4. The fourth-order valence-electron chi connectivity index (χ4n) is 1.99. The van der Waals surface area contributed by atoms with E-state index >= 15 is 0 Å². The van der Waals surface area contributed by atoms with Gasteiger partial charge < -0.3 is 0 Å². The van der Waals surface area contributed by atoms with Gasteiger partial charge in [0.1, 0.15) is 17.7 Å². The largest absolute Gasteiger partial charge is 0.294 e. The van der Waals surface area contributed by atoms with Gasteiger partial charge in [-0.25, -0.2) is 10.1 Å². The van der Waals surface area contributed by atoms with Crippen molar-refractivity contribution in [3.05, 3.63) is 40.5 Å². The van der Waals surface area contributed by atoms with Crippen LogP contribution in [0.25, 0.3) is 5.65 Å². The number of nitrogens with zero attached hydrogens (tertiary/aromatic N) is 4. The molecule has 0 saturated heterocycles. The molecule has 0 spiro atoms. The van der Waals surface area contributed by atoms with Gasteiger partial charge in [-0.15, -0.1) is 0 Å². The van der Waals surface area contributed by atoms with Crippen LogP contribution < -0.4 is 5.32 Å². The van der Waals surface area contributed by atoms with E-state index in [4.69, 9.17) is 0 Å². The first kappa shape index (κ1) is 12.8. The maximum absolute atomic E-state index is 12.4. The first-order valence-corrected chi connectivity index (χ1v) is 6.81. The molecule has 0 aliphatic rings. The van der Waals surface area contributed by atoms with Gasteiger partial charge in [0.05, 0.1) is 5.69 Å². The van der Waals surface area contributed by atoms with Gasteiger partial charge in [-0.2, -0.15) is 10.1 Å². The maximum Gasteiger partial charge on any atom is 0.276 e. The number of H-pyrrole nitrogens is 1. The molecule has 0 radical (unpaired) electrons. The average Bonchev–Trinajstić information content (AvgIpc) is 3.04. The van der Waals surface area contributed by atoms with Gasteiger partial charge >= 0.3 is 0 Å². The van der Waals surface area contributed by atoms with Crippen LogP contribution in [0.5, 0.6) is 0 Å². The molecule has 20 heavy (non-hydrogen) atoms. The third-order valence-electron chi connectivity index (χ3n) is 2.85. The van der Waals surface area contributed by atoms with E-state index in [2.05, 4.69) is 41.4 Å². The molecule has 1 amide bonds. The normalized spacial score (nSPS) is 10.9.